The average molecular weight is 499 g/mol. The van der Waals surface area contributed by atoms with Crippen LogP contribution in [-0.4, -0.2) is 37.6 Å². The van der Waals surface area contributed by atoms with Crippen LogP contribution in [0.2, 0.25) is 0 Å². The monoisotopic (exact) mass is 498 g/mol. The SMILES string of the molecule is CCCCc1cc2c(CCCC)c(OCC3CO3)c(CCCC)cc2c(CCCC)c1OCCCO. The van der Waals surface area contributed by atoms with Crippen LogP contribution in [0.15, 0.2) is 12.1 Å². The number of hydrogen-bond acceptors (Lipinski definition) is 4. The predicted octanol–water partition coefficient (Wildman–Crippen LogP) is 7.75. The molecule has 3 rings (SSSR count). The van der Waals surface area contributed by atoms with Gasteiger partial charge in [-0.15, -0.1) is 0 Å². The first-order valence-corrected chi connectivity index (χ1v) is 14.8. The van der Waals surface area contributed by atoms with Crippen molar-refractivity contribution in [3.05, 3.63) is 34.4 Å². The molecule has 1 aliphatic rings. The van der Waals surface area contributed by atoms with Crippen LogP contribution in [0.3, 0.4) is 0 Å². The topological polar surface area (TPSA) is 51.2 Å². The normalized spacial score (nSPS) is 15.0. The van der Waals surface area contributed by atoms with Gasteiger partial charge in [-0.05, 0) is 85.4 Å². The predicted molar refractivity (Wildman–Crippen MR) is 151 cm³/mol. The largest absolute Gasteiger partial charge is 0.493 e. The number of fused-ring (bicyclic) bond motifs is 1. The molecule has 1 N–H and O–H groups in total. The van der Waals surface area contributed by atoms with Crippen LogP contribution in [0.4, 0.5) is 0 Å². The lowest BCUT2D eigenvalue weighted by atomic mass is 9.87. The summed E-state index contributed by atoms with van der Waals surface area (Å²) in [6.07, 6.45) is 14.3. The van der Waals surface area contributed by atoms with Gasteiger partial charge in [0.2, 0.25) is 0 Å². The van der Waals surface area contributed by atoms with E-state index in [-0.39, 0.29) is 12.7 Å². The summed E-state index contributed by atoms with van der Waals surface area (Å²) in [4.78, 5) is 0. The van der Waals surface area contributed by atoms with E-state index in [4.69, 9.17) is 14.2 Å². The number of hydrogen-bond donors (Lipinski definition) is 1. The maximum Gasteiger partial charge on any atom is 0.126 e. The van der Waals surface area contributed by atoms with Gasteiger partial charge in [0.05, 0.1) is 13.2 Å². The molecular weight excluding hydrogens is 448 g/mol. The lowest BCUT2D eigenvalue weighted by Crippen LogP contribution is -2.11. The van der Waals surface area contributed by atoms with E-state index in [0.717, 1.165) is 82.3 Å². The van der Waals surface area contributed by atoms with Crippen LogP contribution in [0.25, 0.3) is 10.8 Å². The fraction of sp³-hybridized carbons (Fsp3) is 0.688. The molecular formula is C32H50O4. The zero-order valence-electron chi connectivity index (χ0n) is 23.4. The highest BCUT2D eigenvalue weighted by atomic mass is 16.6. The van der Waals surface area contributed by atoms with E-state index in [9.17, 15) is 5.11 Å². The van der Waals surface area contributed by atoms with Crippen molar-refractivity contribution in [3.63, 3.8) is 0 Å². The Morgan fingerprint density at radius 3 is 1.64 bits per heavy atom. The van der Waals surface area contributed by atoms with E-state index in [1.54, 1.807) is 0 Å². The minimum atomic E-state index is 0.163. The van der Waals surface area contributed by atoms with Crippen LogP contribution in [-0.2, 0) is 30.4 Å². The number of aliphatic hydroxyl groups excluding tert-OH is 1. The second-order valence-corrected chi connectivity index (χ2v) is 10.4. The second kappa shape index (κ2) is 15.5. The molecule has 4 nitrogen and oxygen atoms in total. The molecule has 2 aromatic carbocycles. The van der Waals surface area contributed by atoms with Crippen molar-refractivity contribution in [3.8, 4) is 11.5 Å². The molecule has 1 unspecified atom stereocenters. The molecule has 4 heteroatoms. The van der Waals surface area contributed by atoms with Crippen molar-refractivity contribution >= 4 is 10.8 Å². The number of rotatable bonds is 19. The third kappa shape index (κ3) is 7.86. The molecule has 1 saturated heterocycles. The molecule has 0 spiro atoms. The molecule has 0 aromatic heterocycles. The van der Waals surface area contributed by atoms with Gasteiger partial charge < -0.3 is 19.3 Å². The molecule has 36 heavy (non-hydrogen) atoms. The molecule has 0 radical (unpaired) electrons. The Hall–Kier alpha value is -1.78. The van der Waals surface area contributed by atoms with E-state index in [0.29, 0.717) is 19.6 Å². The number of ether oxygens (including phenoxy) is 3. The second-order valence-electron chi connectivity index (χ2n) is 10.4. The molecule has 0 bridgehead atoms. The molecule has 0 amide bonds. The third-order valence-electron chi connectivity index (χ3n) is 7.23. The minimum absolute atomic E-state index is 0.163. The first-order chi connectivity index (χ1) is 17.7. The summed E-state index contributed by atoms with van der Waals surface area (Å²) in [5, 5.41) is 12.1. The van der Waals surface area contributed by atoms with Gasteiger partial charge in [0.15, 0.2) is 0 Å². The first-order valence-electron chi connectivity index (χ1n) is 14.8. The standard InChI is InChI=1S/C32H50O4/c1-5-9-14-24-20-30-28(17-12-8-4)32(36-23-26-22-35-26)25(15-10-6-2)21-29(30)27(16-11-7-3)31(24)34-19-13-18-33/h20-21,26,33H,5-19,22-23H2,1-4H3. The first kappa shape index (κ1) is 28.8. The summed E-state index contributed by atoms with van der Waals surface area (Å²) >= 11 is 0. The maximum atomic E-state index is 9.40. The van der Waals surface area contributed by atoms with Gasteiger partial charge in [0.25, 0.3) is 0 Å². The van der Waals surface area contributed by atoms with Crippen LogP contribution in [0, 0.1) is 0 Å². The highest BCUT2D eigenvalue weighted by Gasteiger charge is 2.26. The Morgan fingerprint density at radius 2 is 1.19 bits per heavy atom. The lowest BCUT2D eigenvalue weighted by molar-refractivity contribution is 0.231. The summed E-state index contributed by atoms with van der Waals surface area (Å²) in [6, 6.07) is 4.85. The van der Waals surface area contributed by atoms with Gasteiger partial charge in [0.1, 0.15) is 24.2 Å². The summed E-state index contributed by atoms with van der Waals surface area (Å²) in [5.74, 6) is 2.21. The zero-order chi connectivity index (χ0) is 25.8. The number of benzene rings is 2. The lowest BCUT2D eigenvalue weighted by Gasteiger charge is -2.24. The fourth-order valence-corrected chi connectivity index (χ4v) is 5.01. The molecule has 0 aliphatic carbocycles. The van der Waals surface area contributed by atoms with Crippen molar-refractivity contribution in [2.45, 2.75) is 117 Å². The van der Waals surface area contributed by atoms with Gasteiger partial charge >= 0.3 is 0 Å². The smallest absolute Gasteiger partial charge is 0.126 e. The van der Waals surface area contributed by atoms with Crippen molar-refractivity contribution in [1.29, 1.82) is 0 Å². The number of aliphatic hydroxyl groups is 1. The van der Waals surface area contributed by atoms with Crippen molar-refractivity contribution in [2.24, 2.45) is 0 Å². The Morgan fingerprint density at radius 1 is 0.722 bits per heavy atom. The van der Waals surface area contributed by atoms with E-state index in [2.05, 4.69) is 39.8 Å². The van der Waals surface area contributed by atoms with E-state index in [1.807, 2.05) is 0 Å². The van der Waals surface area contributed by atoms with E-state index in [1.165, 1.54) is 45.9 Å². The van der Waals surface area contributed by atoms with Crippen molar-refractivity contribution < 1.29 is 19.3 Å². The Bertz CT molecular complexity index is 932. The van der Waals surface area contributed by atoms with Gasteiger partial charge in [-0.1, -0.05) is 53.4 Å². The average Bonchev–Trinajstić information content (AvgIpc) is 3.72. The van der Waals surface area contributed by atoms with E-state index >= 15 is 0 Å². The summed E-state index contributed by atoms with van der Waals surface area (Å²) in [7, 11) is 0. The molecule has 1 atom stereocenters. The number of unbranched alkanes of at least 4 members (excludes halogenated alkanes) is 4. The van der Waals surface area contributed by atoms with Crippen LogP contribution in [0.5, 0.6) is 11.5 Å². The quantitative estimate of drug-likeness (QED) is 0.159. The molecule has 1 fully saturated rings. The van der Waals surface area contributed by atoms with Crippen LogP contribution < -0.4 is 9.47 Å². The highest BCUT2D eigenvalue weighted by Crippen LogP contribution is 2.42. The number of epoxide rings is 1. The third-order valence-corrected chi connectivity index (χ3v) is 7.23. The Labute approximate surface area is 219 Å². The summed E-state index contributed by atoms with van der Waals surface area (Å²) < 4.78 is 18.5. The fourth-order valence-electron chi connectivity index (χ4n) is 5.01. The summed E-state index contributed by atoms with van der Waals surface area (Å²) in [5.41, 5.74) is 5.42. The molecule has 1 heterocycles. The van der Waals surface area contributed by atoms with Gasteiger partial charge in [-0.25, -0.2) is 0 Å². The van der Waals surface area contributed by atoms with Crippen molar-refractivity contribution in [1.82, 2.24) is 0 Å². The Balaban J connectivity index is 2.24. The van der Waals surface area contributed by atoms with Gasteiger partial charge in [-0.3, -0.25) is 0 Å². The van der Waals surface area contributed by atoms with Crippen LogP contribution >= 0.6 is 0 Å². The van der Waals surface area contributed by atoms with Gasteiger partial charge in [0, 0.05) is 24.2 Å². The Kier molecular flexibility index (Phi) is 12.4. The molecule has 2 aromatic rings. The highest BCUT2D eigenvalue weighted by molar-refractivity contribution is 5.94. The molecule has 0 saturated carbocycles. The van der Waals surface area contributed by atoms with Crippen LogP contribution in [0.1, 0.15) is 108 Å². The van der Waals surface area contributed by atoms with E-state index < -0.39 is 0 Å². The molecule has 202 valence electrons. The molecule has 1 aliphatic heterocycles. The summed E-state index contributed by atoms with van der Waals surface area (Å²) in [6.45, 7) is 11.2. The zero-order valence-corrected chi connectivity index (χ0v) is 23.4. The van der Waals surface area contributed by atoms with Crippen molar-refractivity contribution in [2.75, 3.05) is 26.4 Å². The van der Waals surface area contributed by atoms with Gasteiger partial charge in [-0.2, -0.15) is 0 Å². The minimum Gasteiger partial charge on any atom is -0.493 e. The number of aryl methyl sites for hydroxylation is 4. The maximum absolute atomic E-state index is 9.40.